The van der Waals surface area contributed by atoms with Crippen molar-refractivity contribution in [1.82, 2.24) is 4.98 Å². The van der Waals surface area contributed by atoms with E-state index in [4.69, 9.17) is 13.9 Å². The minimum atomic E-state index is -0.233. The van der Waals surface area contributed by atoms with Crippen LogP contribution in [0, 0.1) is 6.92 Å². The van der Waals surface area contributed by atoms with Crippen LogP contribution in [0.3, 0.4) is 0 Å². The number of hydrogen-bond acceptors (Lipinski definition) is 5. The molecule has 0 radical (unpaired) electrons. The molecule has 2 heterocycles. The second-order valence-corrected chi connectivity index (χ2v) is 6.88. The van der Waals surface area contributed by atoms with Crippen molar-refractivity contribution in [3.8, 4) is 23.0 Å². The standard InChI is InChI=1S/C23H18N2O4/c1-14-3-2-4-16(11-14)23-25-18-13-17(6-8-19(18)29-23)24-22(26)15-5-7-20-21(12-15)28-10-9-27-20/h2-8,11-13H,9-10H2,1H3,(H,24,26). The molecule has 29 heavy (non-hydrogen) atoms. The number of ether oxygens (including phenoxy) is 2. The maximum Gasteiger partial charge on any atom is 0.255 e. The Bertz CT molecular complexity index is 1230. The summed E-state index contributed by atoms with van der Waals surface area (Å²) in [5, 5.41) is 2.90. The predicted molar refractivity (Wildman–Crippen MR) is 110 cm³/mol. The van der Waals surface area contributed by atoms with Gasteiger partial charge in [-0.3, -0.25) is 4.79 Å². The second kappa shape index (κ2) is 6.98. The number of nitrogens with zero attached hydrogens (tertiary/aromatic N) is 1. The van der Waals surface area contributed by atoms with Crippen LogP contribution in [0.15, 0.2) is 65.1 Å². The van der Waals surface area contributed by atoms with Gasteiger partial charge in [-0.15, -0.1) is 0 Å². The summed E-state index contributed by atoms with van der Waals surface area (Å²) in [6, 6.07) is 18.5. The molecule has 0 saturated heterocycles. The number of nitrogens with one attached hydrogen (secondary N) is 1. The molecule has 0 aliphatic carbocycles. The fourth-order valence-corrected chi connectivity index (χ4v) is 3.29. The summed E-state index contributed by atoms with van der Waals surface area (Å²) >= 11 is 0. The summed E-state index contributed by atoms with van der Waals surface area (Å²) in [5.74, 6) is 1.56. The molecule has 0 fully saturated rings. The normalized spacial score (nSPS) is 12.7. The van der Waals surface area contributed by atoms with Crippen LogP contribution in [0.2, 0.25) is 0 Å². The lowest BCUT2D eigenvalue weighted by atomic mass is 10.1. The number of oxazole rings is 1. The van der Waals surface area contributed by atoms with Crippen molar-refractivity contribution in [2.45, 2.75) is 6.92 Å². The van der Waals surface area contributed by atoms with Crippen molar-refractivity contribution in [3.63, 3.8) is 0 Å². The monoisotopic (exact) mass is 386 g/mol. The van der Waals surface area contributed by atoms with Gasteiger partial charge in [-0.1, -0.05) is 17.7 Å². The Balaban J connectivity index is 1.40. The minimum absolute atomic E-state index is 0.233. The van der Waals surface area contributed by atoms with Gasteiger partial charge in [-0.25, -0.2) is 4.98 Å². The zero-order valence-corrected chi connectivity index (χ0v) is 15.8. The summed E-state index contributed by atoms with van der Waals surface area (Å²) < 4.78 is 16.9. The zero-order valence-electron chi connectivity index (χ0n) is 15.8. The van der Waals surface area contributed by atoms with Crippen molar-refractivity contribution >= 4 is 22.7 Å². The van der Waals surface area contributed by atoms with Crippen LogP contribution in [-0.4, -0.2) is 24.1 Å². The van der Waals surface area contributed by atoms with Crippen LogP contribution in [-0.2, 0) is 0 Å². The molecule has 1 aliphatic heterocycles. The van der Waals surface area contributed by atoms with Gasteiger partial charge >= 0.3 is 0 Å². The van der Waals surface area contributed by atoms with Gasteiger partial charge in [0.15, 0.2) is 17.1 Å². The van der Waals surface area contributed by atoms with Crippen molar-refractivity contribution in [3.05, 3.63) is 71.8 Å². The van der Waals surface area contributed by atoms with E-state index >= 15 is 0 Å². The summed E-state index contributed by atoms with van der Waals surface area (Å²) in [4.78, 5) is 17.2. The first-order valence-electron chi connectivity index (χ1n) is 9.34. The molecule has 0 saturated carbocycles. The molecule has 0 spiro atoms. The third-order valence-electron chi connectivity index (χ3n) is 4.71. The fraction of sp³-hybridized carbons (Fsp3) is 0.130. The third-order valence-corrected chi connectivity index (χ3v) is 4.71. The lowest BCUT2D eigenvalue weighted by molar-refractivity contribution is 0.102. The summed E-state index contributed by atoms with van der Waals surface area (Å²) in [6.07, 6.45) is 0. The molecule has 1 aliphatic rings. The van der Waals surface area contributed by atoms with Crippen LogP contribution in [0.5, 0.6) is 11.5 Å². The highest BCUT2D eigenvalue weighted by Crippen LogP contribution is 2.31. The SMILES string of the molecule is Cc1cccc(-c2nc3cc(NC(=O)c4ccc5c(c4)OCCO5)ccc3o2)c1. The number of fused-ring (bicyclic) bond motifs is 2. The van der Waals surface area contributed by atoms with Gasteiger partial charge in [-0.05, 0) is 55.5 Å². The van der Waals surface area contributed by atoms with Gasteiger partial charge in [0.2, 0.25) is 5.89 Å². The molecule has 6 nitrogen and oxygen atoms in total. The average molecular weight is 386 g/mol. The van der Waals surface area contributed by atoms with Crippen LogP contribution < -0.4 is 14.8 Å². The molecule has 1 aromatic heterocycles. The molecular formula is C23H18N2O4. The number of benzene rings is 3. The maximum atomic E-state index is 12.6. The van der Waals surface area contributed by atoms with Gasteiger partial charge in [0, 0.05) is 16.8 Å². The van der Waals surface area contributed by atoms with E-state index in [1.807, 2.05) is 31.2 Å². The summed E-state index contributed by atoms with van der Waals surface area (Å²) in [6.45, 7) is 3.02. The van der Waals surface area contributed by atoms with Gasteiger partial charge in [0.1, 0.15) is 18.7 Å². The molecule has 3 aromatic carbocycles. The summed E-state index contributed by atoms with van der Waals surface area (Å²) in [7, 11) is 0. The van der Waals surface area contributed by atoms with Crippen molar-refractivity contribution in [2.75, 3.05) is 18.5 Å². The topological polar surface area (TPSA) is 73.6 Å². The number of carbonyl (C=O) groups excluding carboxylic acids is 1. The molecule has 4 aromatic rings. The van der Waals surface area contributed by atoms with Crippen LogP contribution in [0.25, 0.3) is 22.6 Å². The van der Waals surface area contributed by atoms with E-state index in [2.05, 4.69) is 10.3 Å². The Labute approximate surface area is 167 Å². The number of hydrogen-bond donors (Lipinski definition) is 1. The van der Waals surface area contributed by atoms with Crippen molar-refractivity contribution in [1.29, 1.82) is 0 Å². The van der Waals surface area contributed by atoms with E-state index in [0.717, 1.165) is 11.1 Å². The maximum absolute atomic E-state index is 12.6. The number of aromatic nitrogens is 1. The molecule has 1 amide bonds. The Kier molecular flexibility index (Phi) is 4.17. The van der Waals surface area contributed by atoms with Gasteiger partial charge < -0.3 is 19.2 Å². The van der Waals surface area contributed by atoms with Crippen molar-refractivity contribution in [2.24, 2.45) is 0 Å². The molecule has 5 rings (SSSR count). The van der Waals surface area contributed by atoms with Crippen LogP contribution in [0.4, 0.5) is 5.69 Å². The van der Waals surface area contributed by atoms with Gasteiger partial charge in [0.25, 0.3) is 5.91 Å². The molecule has 1 N–H and O–H groups in total. The first kappa shape index (κ1) is 17.3. The smallest absolute Gasteiger partial charge is 0.255 e. The number of rotatable bonds is 3. The molecule has 0 atom stereocenters. The molecule has 6 heteroatoms. The number of amides is 1. The molecule has 144 valence electrons. The Morgan fingerprint density at radius 2 is 1.83 bits per heavy atom. The zero-order chi connectivity index (χ0) is 19.8. The first-order valence-corrected chi connectivity index (χ1v) is 9.34. The lowest BCUT2D eigenvalue weighted by Gasteiger charge is -2.18. The Hall–Kier alpha value is -3.80. The van der Waals surface area contributed by atoms with E-state index in [0.29, 0.717) is 53.0 Å². The second-order valence-electron chi connectivity index (χ2n) is 6.88. The summed E-state index contributed by atoms with van der Waals surface area (Å²) in [5.41, 5.74) is 4.54. The average Bonchev–Trinajstić information content (AvgIpc) is 3.17. The predicted octanol–water partition coefficient (Wildman–Crippen LogP) is 4.83. The highest BCUT2D eigenvalue weighted by atomic mass is 16.6. The Morgan fingerprint density at radius 3 is 2.69 bits per heavy atom. The highest BCUT2D eigenvalue weighted by Gasteiger charge is 2.16. The molecule has 0 bridgehead atoms. The third kappa shape index (κ3) is 3.40. The quantitative estimate of drug-likeness (QED) is 0.546. The van der Waals surface area contributed by atoms with Crippen LogP contribution in [0.1, 0.15) is 15.9 Å². The minimum Gasteiger partial charge on any atom is -0.486 e. The lowest BCUT2D eigenvalue weighted by Crippen LogP contribution is -2.17. The van der Waals surface area contributed by atoms with E-state index in [-0.39, 0.29) is 5.91 Å². The van der Waals surface area contributed by atoms with E-state index in [1.54, 1.807) is 36.4 Å². The van der Waals surface area contributed by atoms with E-state index in [1.165, 1.54) is 0 Å². The largest absolute Gasteiger partial charge is 0.486 e. The number of anilines is 1. The van der Waals surface area contributed by atoms with Crippen molar-refractivity contribution < 1.29 is 18.7 Å². The molecule has 0 unspecified atom stereocenters. The highest BCUT2D eigenvalue weighted by molar-refractivity contribution is 6.05. The fourth-order valence-electron chi connectivity index (χ4n) is 3.29. The number of carbonyl (C=O) groups is 1. The van der Waals surface area contributed by atoms with E-state index in [9.17, 15) is 4.79 Å². The number of aryl methyl sites for hydroxylation is 1. The van der Waals surface area contributed by atoms with Gasteiger partial charge in [0.05, 0.1) is 0 Å². The van der Waals surface area contributed by atoms with Crippen LogP contribution >= 0.6 is 0 Å². The molecular weight excluding hydrogens is 368 g/mol. The van der Waals surface area contributed by atoms with Gasteiger partial charge in [-0.2, -0.15) is 0 Å². The van der Waals surface area contributed by atoms with E-state index < -0.39 is 0 Å². The Morgan fingerprint density at radius 1 is 0.966 bits per heavy atom. The first-order chi connectivity index (χ1) is 14.2.